The number of likely N-dealkylation sites (tertiary alicyclic amines) is 1. The van der Waals surface area contributed by atoms with Crippen LogP contribution in [0.4, 0.5) is 13.2 Å². The van der Waals surface area contributed by atoms with Crippen LogP contribution < -0.4 is 5.32 Å². The molecule has 0 spiro atoms. The van der Waals surface area contributed by atoms with Gasteiger partial charge in [0.1, 0.15) is 11.9 Å². The average Bonchev–Trinajstić information content (AvgIpc) is 3.55. The normalized spacial score (nSPS) is 22.1. The van der Waals surface area contributed by atoms with Gasteiger partial charge in [-0.3, -0.25) is 19.8 Å². The largest absolute Gasteiger partial charge is 0.340 e. The van der Waals surface area contributed by atoms with E-state index in [4.69, 9.17) is 21.9 Å². The molecule has 0 amide bonds. The Labute approximate surface area is 213 Å². The molecule has 2 unspecified atom stereocenters. The molecule has 2 aromatic heterocycles. The Morgan fingerprint density at radius 3 is 2.83 bits per heavy atom. The van der Waals surface area contributed by atoms with Crippen LogP contribution >= 0.6 is 22.9 Å². The van der Waals surface area contributed by atoms with Crippen molar-refractivity contribution in [2.75, 3.05) is 19.7 Å². The van der Waals surface area contributed by atoms with Crippen molar-refractivity contribution in [1.82, 2.24) is 25.0 Å². The predicted octanol–water partition coefficient (Wildman–Crippen LogP) is 4.37. The van der Waals surface area contributed by atoms with Gasteiger partial charge < -0.3 is 5.32 Å². The van der Waals surface area contributed by atoms with Gasteiger partial charge in [0.25, 0.3) is 5.92 Å². The van der Waals surface area contributed by atoms with E-state index in [-0.39, 0.29) is 18.2 Å². The summed E-state index contributed by atoms with van der Waals surface area (Å²) >= 11 is 7.83. The minimum atomic E-state index is -2.94. The van der Waals surface area contributed by atoms with E-state index in [2.05, 4.69) is 20.3 Å². The van der Waals surface area contributed by atoms with E-state index in [0.29, 0.717) is 33.4 Å². The molecule has 5 rings (SSSR count). The van der Waals surface area contributed by atoms with E-state index in [1.165, 1.54) is 23.5 Å². The highest BCUT2D eigenvalue weighted by Crippen LogP contribution is 2.42. The second kappa shape index (κ2) is 9.94. The molecule has 190 valence electrons. The SMILES string of the molecule is Cn1ccc(C2=C(CN3CC(F)(F)CC3COO)NC(c3nccs3)=NC2c2ccc(F)cc2Cl)n1. The number of aryl methyl sites for hydroxylation is 1. The number of hydrogen-bond acceptors (Lipinski definition) is 8. The molecule has 0 radical (unpaired) electrons. The summed E-state index contributed by atoms with van der Waals surface area (Å²) in [4.78, 5) is 15.0. The zero-order valence-corrected chi connectivity index (χ0v) is 20.6. The summed E-state index contributed by atoms with van der Waals surface area (Å²) in [6, 6.07) is 4.44. The number of nitrogens with zero attached hydrogens (tertiary/aromatic N) is 5. The average molecular weight is 539 g/mol. The number of rotatable bonds is 7. The number of alkyl halides is 2. The van der Waals surface area contributed by atoms with Gasteiger partial charge in [0.2, 0.25) is 0 Å². The zero-order chi connectivity index (χ0) is 25.4. The lowest BCUT2D eigenvalue weighted by molar-refractivity contribution is -0.250. The molecule has 1 fully saturated rings. The number of thiazole rings is 1. The Bertz CT molecular complexity index is 1310. The van der Waals surface area contributed by atoms with E-state index in [9.17, 15) is 13.2 Å². The van der Waals surface area contributed by atoms with Crippen LogP contribution in [0.15, 0.2) is 52.7 Å². The van der Waals surface area contributed by atoms with Crippen LogP contribution in [0.5, 0.6) is 0 Å². The summed E-state index contributed by atoms with van der Waals surface area (Å²) in [6.07, 6.45) is 2.95. The molecule has 2 N–H and O–H groups in total. The number of aliphatic imine (C=N–C) groups is 1. The van der Waals surface area contributed by atoms with Crippen molar-refractivity contribution < 1.29 is 23.3 Å². The third-order valence-electron chi connectivity index (χ3n) is 6.12. The van der Waals surface area contributed by atoms with Gasteiger partial charge in [-0.15, -0.1) is 11.3 Å². The fourth-order valence-corrected chi connectivity index (χ4v) is 5.44. The van der Waals surface area contributed by atoms with Crippen molar-refractivity contribution in [3.63, 3.8) is 0 Å². The van der Waals surface area contributed by atoms with E-state index in [0.717, 1.165) is 0 Å². The second-order valence-corrected chi connectivity index (χ2v) is 9.99. The molecule has 13 heteroatoms. The monoisotopic (exact) mass is 538 g/mol. The minimum absolute atomic E-state index is 0.0647. The first-order valence-corrected chi connectivity index (χ1v) is 12.3. The Morgan fingerprint density at radius 1 is 1.33 bits per heavy atom. The molecule has 2 aliphatic rings. The van der Waals surface area contributed by atoms with Crippen molar-refractivity contribution in [2.45, 2.75) is 24.4 Å². The molecule has 2 aliphatic heterocycles. The van der Waals surface area contributed by atoms with Gasteiger partial charge in [0, 0.05) is 65.7 Å². The highest BCUT2D eigenvalue weighted by molar-refractivity contribution is 7.11. The molecular weight excluding hydrogens is 517 g/mol. The third kappa shape index (κ3) is 5.04. The summed E-state index contributed by atoms with van der Waals surface area (Å²) in [7, 11) is 1.76. The van der Waals surface area contributed by atoms with Gasteiger partial charge in [-0.25, -0.2) is 23.0 Å². The second-order valence-electron chi connectivity index (χ2n) is 8.69. The topological polar surface area (TPSA) is 87.8 Å². The molecule has 1 saturated heterocycles. The summed E-state index contributed by atoms with van der Waals surface area (Å²) in [5.74, 6) is -2.99. The number of amidine groups is 1. The quantitative estimate of drug-likeness (QED) is 0.343. The number of hydrogen-bond donors (Lipinski definition) is 2. The van der Waals surface area contributed by atoms with E-state index < -0.39 is 36.8 Å². The maximum absolute atomic E-state index is 14.4. The molecule has 0 saturated carbocycles. The van der Waals surface area contributed by atoms with Crippen molar-refractivity contribution >= 4 is 34.3 Å². The molecule has 0 aliphatic carbocycles. The van der Waals surface area contributed by atoms with Crippen molar-refractivity contribution in [3.8, 4) is 0 Å². The van der Waals surface area contributed by atoms with Gasteiger partial charge in [-0.2, -0.15) is 5.10 Å². The maximum Gasteiger partial charge on any atom is 0.262 e. The fourth-order valence-electron chi connectivity index (χ4n) is 4.58. The van der Waals surface area contributed by atoms with Crippen LogP contribution in [-0.2, 0) is 11.9 Å². The Kier molecular flexibility index (Phi) is 6.88. The number of halogens is 4. The lowest BCUT2D eigenvalue weighted by Crippen LogP contribution is -2.41. The van der Waals surface area contributed by atoms with Crippen molar-refractivity contribution in [2.24, 2.45) is 12.0 Å². The van der Waals surface area contributed by atoms with Gasteiger partial charge in [-0.1, -0.05) is 17.7 Å². The predicted molar refractivity (Wildman–Crippen MR) is 130 cm³/mol. The lowest BCUT2D eigenvalue weighted by atomic mass is 9.93. The van der Waals surface area contributed by atoms with Crippen LogP contribution in [0.25, 0.3) is 5.57 Å². The number of nitrogens with one attached hydrogen (secondary N) is 1. The summed E-state index contributed by atoms with van der Waals surface area (Å²) in [5.41, 5.74) is 2.28. The van der Waals surface area contributed by atoms with Gasteiger partial charge in [-0.05, 0) is 18.2 Å². The Hall–Kier alpha value is -2.77. The van der Waals surface area contributed by atoms with Gasteiger partial charge in [0.15, 0.2) is 10.8 Å². The van der Waals surface area contributed by atoms with Crippen LogP contribution in [0.2, 0.25) is 5.02 Å². The molecule has 8 nitrogen and oxygen atoms in total. The van der Waals surface area contributed by atoms with E-state index in [1.807, 2.05) is 0 Å². The molecule has 0 bridgehead atoms. The molecule has 3 aromatic rings. The Morgan fingerprint density at radius 2 is 2.17 bits per heavy atom. The molecule has 36 heavy (non-hydrogen) atoms. The Balaban J connectivity index is 1.65. The standard InChI is InChI=1S/C23H22ClF3N6O2S/c1-32-6-4-17(31-32)19-18(10-33-12-23(26,27)9-14(33)11-35-34)29-21(22-28-5-7-36-22)30-20(19)15-3-2-13(25)8-16(15)24/h2-8,14,20,34H,9-12H2,1H3,(H,29,30). The number of benzene rings is 1. The highest BCUT2D eigenvalue weighted by Gasteiger charge is 2.46. The van der Waals surface area contributed by atoms with Gasteiger partial charge >= 0.3 is 0 Å². The maximum atomic E-state index is 14.4. The summed E-state index contributed by atoms with van der Waals surface area (Å²) < 4.78 is 44.2. The first kappa shape index (κ1) is 24.9. The molecule has 1 aromatic carbocycles. The van der Waals surface area contributed by atoms with Crippen molar-refractivity contribution in [3.05, 3.63) is 74.8 Å². The van der Waals surface area contributed by atoms with Crippen molar-refractivity contribution in [1.29, 1.82) is 0 Å². The van der Waals surface area contributed by atoms with E-state index in [1.54, 1.807) is 46.5 Å². The third-order valence-corrected chi connectivity index (χ3v) is 7.23. The highest BCUT2D eigenvalue weighted by atomic mass is 35.5. The number of aromatic nitrogens is 3. The fraction of sp³-hybridized carbons (Fsp3) is 0.348. The summed E-state index contributed by atoms with van der Waals surface area (Å²) in [6.45, 7) is -0.703. The molecular formula is C23H22ClF3N6O2S. The first-order valence-electron chi connectivity index (χ1n) is 11.0. The van der Waals surface area contributed by atoms with Gasteiger partial charge in [0.05, 0.1) is 18.8 Å². The minimum Gasteiger partial charge on any atom is -0.340 e. The van der Waals surface area contributed by atoms with Crippen LogP contribution in [0.3, 0.4) is 0 Å². The molecule has 2 atom stereocenters. The van der Waals surface area contributed by atoms with E-state index >= 15 is 0 Å². The van der Waals surface area contributed by atoms with Crippen LogP contribution in [-0.4, -0.2) is 62.4 Å². The lowest BCUT2D eigenvalue weighted by Gasteiger charge is -2.31. The van der Waals surface area contributed by atoms with Crippen LogP contribution in [0, 0.1) is 5.82 Å². The summed E-state index contributed by atoms with van der Waals surface area (Å²) in [5, 5.41) is 19.4. The smallest absolute Gasteiger partial charge is 0.262 e. The zero-order valence-electron chi connectivity index (χ0n) is 19.0. The molecule has 4 heterocycles. The van der Waals surface area contributed by atoms with Crippen LogP contribution in [0.1, 0.15) is 28.7 Å². The first-order chi connectivity index (χ1) is 17.2.